The lowest BCUT2D eigenvalue weighted by Gasteiger charge is -1.97. The summed E-state index contributed by atoms with van der Waals surface area (Å²) in [5.41, 5.74) is 0.304. The first kappa shape index (κ1) is 7.57. The summed E-state index contributed by atoms with van der Waals surface area (Å²) < 4.78 is 12.6. The zero-order valence-electron chi connectivity index (χ0n) is 5.21. The van der Waals surface area contributed by atoms with E-state index in [0.29, 0.717) is 10.5 Å². The molecule has 1 aromatic rings. The number of hydrogen-bond donors (Lipinski definition) is 2. The Morgan fingerprint density at radius 3 is 2.70 bits per heavy atom. The van der Waals surface area contributed by atoms with Gasteiger partial charge >= 0.3 is 0 Å². The highest BCUT2D eigenvalue weighted by atomic mass is 32.1. The highest BCUT2D eigenvalue weighted by molar-refractivity contribution is 7.80. The van der Waals surface area contributed by atoms with Gasteiger partial charge in [-0.15, -0.1) is 12.6 Å². The van der Waals surface area contributed by atoms with Crippen molar-refractivity contribution in [3.8, 4) is 0 Å². The van der Waals surface area contributed by atoms with Crippen molar-refractivity contribution in [2.75, 3.05) is 0 Å². The van der Waals surface area contributed by atoms with Gasteiger partial charge in [-0.1, -0.05) is 6.07 Å². The summed E-state index contributed by atoms with van der Waals surface area (Å²) in [7, 11) is 0. The second kappa shape index (κ2) is 3.03. The molecular formula is C7H7FOS. The number of aliphatic hydroxyl groups is 1. The Balaban J connectivity index is 3.07. The number of rotatable bonds is 1. The van der Waals surface area contributed by atoms with Crippen LogP contribution in [0.5, 0.6) is 0 Å². The van der Waals surface area contributed by atoms with Crippen LogP contribution in [0.2, 0.25) is 0 Å². The second-order valence-corrected chi connectivity index (χ2v) is 2.45. The Hall–Kier alpha value is -0.540. The first-order valence-electron chi connectivity index (χ1n) is 2.82. The molecule has 3 heteroatoms. The van der Waals surface area contributed by atoms with Crippen LogP contribution in [0.15, 0.2) is 23.1 Å². The van der Waals surface area contributed by atoms with E-state index in [0.717, 1.165) is 0 Å². The SMILES string of the molecule is OCc1ccc(S)cc1F. The summed E-state index contributed by atoms with van der Waals surface area (Å²) in [5.74, 6) is -0.407. The molecule has 0 atom stereocenters. The van der Waals surface area contributed by atoms with Crippen molar-refractivity contribution in [2.45, 2.75) is 11.5 Å². The molecule has 0 unspecified atom stereocenters. The second-order valence-electron chi connectivity index (χ2n) is 1.93. The fourth-order valence-electron chi connectivity index (χ4n) is 0.664. The Labute approximate surface area is 63.9 Å². The van der Waals surface area contributed by atoms with E-state index in [1.165, 1.54) is 12.1 Å². The van der Waals surface area contributed by atoms with Gasteiger partial charge in [0.25, 0.3) is 0 Å². The third-order valence-corrected chi connectivity index (χ3v) is 1.49. The molecule has 54 valence electrons. The molecule has 0 aliphatic carbocycles. The van der Waals surface area contributed by atoms with Crippen molar-refractivity contribution in [3.63, 3.8) is 0 Å². The molecule has 0 amide bonds. The van der Waals surface area contributed by atoms with Gasteiger partial charge in [-0.05, 0) is 12.1 Å². The van der Waals surface area contributed by atoms with E-state index in [1.807, 2.05) is 0 Å². The van der Waals surface area contributed by atoms with E-state index in [4.69, 9.17) is 5.11 Å². The first-order valence-corrected chi connectivity index (χ1v) is 3.27. The van der Waals surface area contributed by atoms with Crippen molar-refractivity contribution >= 4 is 12.6 Å². The first-order chi connectivity index (χ1) is 4.74. The predicted octanol–water partition coefficient (Wildman–Crippen LogP) is 1.61. The Morgan fingerprint density at radius 1 is 1.50 bits per heavy atom. The molecule has 0 saturated heterocycles. The van der Waals surface area contributed by atoms with Gasteiger partial charge in [-0.3, -0.25) is 0 Å². The summed E-state index contributed by atoms with van der Waals surface area (Å²) in [4.78, 5) is 0.565. The van der Waals surface area contributed by atoms with Gasteiger partial charge in [-0.25, -0.2) is 4.39 Å². The Kier molecular flexibility index (Phi) is 2.29. The quantitative estimate of drug-likeness (QED) is 0.595. The molecule has 1 rings (SSSR count). The summed E-state index contributed by atoms with van der Waals surface area (Å²) in [5, 5.41) is 8.54. The van der Waals surface area contributed by atoms with Crippen LogP contribution >= 0.6 is 12.6 Å². The number of aliphatic hydroxyl groups excluding tert-OH is 1. The number of halogens is 1. The minimum atomic E-state index is -0.407. The zero-order valence-corrected chi connectivity index (χ0v) is 6.11. The largest absolute Gasteiger partial charge is 0.392 e. The maximum atomic E-state index is 12.6. The van der Waals surface area contributed by atoms with Gasteiger partial charge in [0.15, 0.2) is 0 Å². The van der Waals surface area contributed by atoms with Gasteiger partial charge in [0.1, 0.15) is 5.82 Å². The number of benzene rings is 1. The molecule has 0 fully saturated rings. The van der Waals surface area contributed by atoms with Crippen LogP contribution in [0, 0.1) is 5.82 Å². The molecule has 10 heavy (non-hydrogen) atoms. The van der Waals surface area contributed by atoms with Gasteiger partial charge in [0.05, 0.1) is 6.61 Å². The van der Waals surface area contributed by atoms with Crippen LogP contribution in [0.3, 0.4) is 0 Å². The molecule has 0 spiro atoms. The van der Waals surface area contributed by atoms with E-state index in [2.05, 4.69) is 12.6 Å². The summed E-state index contributed by atoms with van der Waals surface area (Å²) in [6, 6.07) is 4.42. The smallest absolute Gasteiger partial charge is 0.129 e. The zero-order chi connectivity index (χ0) is 7.56. The van der Waals surface area contributed by atoms with Crippen LogP contribution in [0.4, 0.5) is 4.39 Å². The van der Waals surface area contributed by atoms with E-state index in [-0.39, 0.29) is 6.61 Å². The lowest BCUT2D eigenvalue weighted by Crippen LogP contribution is -1.87. The highest BCUT2D eigenvalue weighted by Gasteiger charge is 1.98. The lowest BCUT2D eigenvalue weighted by molar-refractivity contribution is 0.275. The fourth-order valence-corrected chi connectivity index (χ4v) is 0.852. The summed E-state index contributed by atoms with van der Waals surface area (Å²) in [6.07, 6.45) is 0. The topological polar surface area (TPSA) is 20.2 Å². The summed E-state index contributed by atoms with van der Waals surface area (Å²) >= 11 is 3.92. The molecule has 0 aromatic heterocycles. The van der Waals surface area contributed by atoms with Gasteiger partial charge in [-0.2, -0.15) is 0 Å². The minimum Gasteiger partial charge on any atom is -0.392 e. The molecule has 0 bridgehead atoms. The maximum Gasteiger partial charge on any atom is 0.129 e. The Morgan fingerprint density at radius 2 is 2.20 bits per heavy atom. The standard InChI is InChI=1S/C7H7FOS/c8-7-3-6(10)2-1-5(7)4-9/h1-3,9-10H,4H2. The summed E-state index contributed by atoms with van der Waals surface area (Å²) in [6.45, 7) is -0.264. The van der Waals surface area contributed by atoms with Crippen LogP contribution in [-0.4, -0.2) is 5.11 Å². The van der Waals surface area contributed by atoms with Crippen LogP contribution in [0.1, 0.15) is 5.56 Å². The molecular weight excluding hydrogens is 151 g/mol. The van der Waals surface area contributed by atoms with Crippen molar-refractivity contribution < 1.29 is 9.50 Å². The molecule has 0 saturated carbocycles. The van der Waals surface area contributed by atoms with E-state index >= 15 is 0 Å². The number of thiol groups is 1. The fraction of sp³-hybridized carbons (Fsp3) is 0.143. The van der Waals surface area contributed by atoms with E-state index in [9.17, 15) is 4.39 Å². The van der Waals surface area contributed by atoms with Crippen molar-refractivity contribution in [2.24, 2.45) is 0 Å². The normalized spacial score (nSPS) is 9.90. The van der Waals surface area contributed by atoms with Crippen molar-refractivity contribution in [3.05, 3.63) is 29.6 Å². The Bertz CT molecular complexity index is 237. The average molecular weight is 158 g/mol. The highest BCUT2D eigenvalue weighted by Crippen LogP contribution is 2.12. The van der Waals surface area contributed by atoms with Gasteiger partial charge < -0.3 is 5.11 Å². The van der Waals surface area contributed by atoms with E-state index in [1.54, 1.807) is 6.07 Å². The van der Waals surface area contributed by atoms with E-state index < -0.39 is 5.82 Å². The monoisotopic (exact) mass is 158 g/mol. The average Bonchev–Trinajstić information content (AvgIpc) is 1.88. The predicted molar refractivity (Wildman–Crippen MR) is 39.6 cm³/mol. The van der Waals surface area contributed by atoms with Gasteiger partial charge in [0.2, 0.25) is 0 Å². The van der Waals surface area contributed by atoms with Crippen LogP contribution in [-0.2, 0) is 6.61 Å². The lowest BCUT2D eigenvalue weighted by atomic mass is 10.2. The molecule has 0 heterocycles. The molecule has 1 N–H and O–H groups in total. The van der Waals surface area contributed by atoms with Crippen molar-refractivity contribution in [1.29, 1.82) is 0 Å². The molecule has 0 radical (unpaired) electrons. The molecule has 1 nitrogen and oxygen atoms in total. The van der Waals surface area contributed by atoms with Gasteiger partial charge in [0, 0.05) is 10.5 Å². The molecule has 1 aromatic carbocycles. The third kappa shape index (κ3) is 1.49. The third-order valence-electron chi connectivity index (χ3n) is 1.21. The minimum absolute atomic E-state index is 0.264. The van der Waals surface area contributed by atoms with Crippen molar-refractivity contribution in [1.82, 2.24) is 0 Å². The molecule has 0 aliphatic rings. The number of hydrogen-bond acceptors (Lipinski definition) is 2. The maximum absolute atomic E-state index is 12.6. The van der Waals surface area contributed by atoms with Crippen LogP contribution < -0.4 is 0 Å². The molecule has 0 aliphatic heterocycles. The van der Waals surface area contributed by atoms with Crippen LogP contribution in [0.25, 0.3) is 0 Å².